The summed E-state index contributed by atoms with van der Waals surface area (Å²) in [7, 11) is 3.86. The van der Waals surface area contributed by atoms with Crippen LogP contribution < -0.4 is 9.47 Å². The Morgan fingerprint density at radius 3 is 3.09 bits per heavy atom. The molecule has 4 heteroatoms. The molecule has 0 radical (unpaired) electrons. The van der Waals surface area contributed by atoms with Gasteiger partial charge in [0.25, 0.3) is 0 Å². The monoisotopic (exact) mass is 299 g/mol. The number of Topliss-reactive ketones (excluding diaryl/α,β-unsaturated/α-hetero) is 1. The maximum Gasteiger partial charge on any atom is 0.165 e. The lowest BCUT2D eigenvalue weighted by Gasteiger charge is -2.56. The van der Waals surface area contributed by atoms with Gasteiger partial charge in [0.15, 0.2) is 11.5 Å². The minimum Gasteiger partial charge on any atom is -0.493 e. The molecule has 1 saturated heterocycles. The van der Waals surface area contributed by atoms with Gasteiger partial charge in [-0.1, -0.05) is 6.07 Å². The van der Waals surface area contributed by atoms with Crippen LogP contribution >= 0.6 is 0 Å². The number of hydrogen-bond donors (Lipinski definition) is 0. The van der Waals surface area contributed by atoms with Crippen LogP contribution in [0.2, 0.25) is 0 Å². The van der Waals surface area contributed by atoms with Crippen molar-refractivity contribution in [1.82, 2.24) is 4.90 Å². The molecule has 2 fully saturated rings. The molecule has 1 spiro atoms. The third-order valence-corrected chi connectivity index (χ3v) is 6.54. The Labute approximate surface area is 130 Å². The normalized spacial score (nSPS) is 38.5. The van der Waals surface area contributed by atoms with Gasteiger partial charge in [-0.05, 0) is 44.5 Å². The second kappa shape index (κ2) is 4.05. The molecule has 1 aromatic carbocycles. The van der Waals surface area contributed by atoms with E-state index in [9.17, 15) is 4.79 Å². The lowest BCUT2D eigenvalue weighted by atomic mass is 9.51. The van der Waals surface area contributed by atoms with Gasteiger partial charge in [0.05, 0.1) is 7.11 Å². The number of carbonyl (C=O) groups excluding carboxylic acids is 1. The van der Waals surface area contributed by atoms with Gasteiger partial charge in [-0.25, -0.2) is 0 Å². The number of hydrogen-bond acceptors (Lipinski definition) is 4. The molecule has 4 aliphatic rings. The van der Waals surface area contributed by atoms with E-state index in [1.807, 2.05) is 6.07 Å². The Morgan fingerprint density at radius 1 is 1.41 bits per heavy atom. The highest BCUT2D eigenvalue weighted by atomic mass is 16.5. The van der Waals surface area contributed by atoms with Gasteiger partial charge in [-0.3, -0.25) is 4.79 Å². The third-order valence-electron chi connectivity index (χ3n) is 6.54. The summed E-state index contributed by atoms with van der Waals surface area (Å²) in [6, 6.07) is 4.55. The van der Waals surface area contributed by atoms with Crippen molar-refractivity contribution in [2.45, 2.75) is 43.2 Å². The zero-order chi connectivity index (χ0) is 15.1. The van der Waals surface area contributed by atoms with Crippen LogP contribution in [0.5, 0.6) is 11.5 Å². The van der Waals surface area contributed by atoms with E-state index in [-0.39, 0.29) is 17.4 Å². The molecule has 2 aliphatic heterocycles. The molecule has 2 heterocycles. The van der Waals surface area contributed by atoms with E-state index in [4.69, 9.17) is 9.47 Å². The molecule has 0 unspecified atom stereocenters. The van der Waals surface area contributed by atoms with Gasteiger partial charge >= 0.3 is 0 Å². The van der Waals surface area contributed by atoms with Crippen molar-refractivity contribution >= 4 is 5.78 Å². The number of likely N-dealkylation sites (tertiary alicyclic amines) is 1. The summed E-state index contributed by atoms with van der Waals surface area (Å²) in [5.74, 6) is 2.29. The number of likely N-dealkylation sites (N-methyl/N-ethyl adjacent to an activating group) is 1. The molecule has 5 rings (SSSR count). The van der Waals surface area contributed by atoms with Crippen LogP contribution in [0.1, 0.15) is 30.4 Å². The predicted octanol–water partition coefficient (Wildman–Crippen LogP) is 1.93. The van der Waals surface area contributed by atoms with Gasteiger partial charge in [0, 0.05) is 29.4 Å². The topological polar surface area (TPSA) is 38.8 Å². The average molecular weight is 299 g/mol. The van der Waals surface area contributed by atoms with Crippen LogP contribution in [0.3, 0.4) is 0 Å². The smallest absolute Gasteiger partial charge is 0.165 e. The Hall–Kier alpha value is -1.55. The number of piperidine rings is 1. The molecule has 1 aromatic rings. The van der Waals surface area contributed by atoms with E-state index in [1.165, 1.54) is 11.1 Å². The fraction of sp³-hybridized carbons (Fsp3) is 0.611. The molecule has 2 bridgehead atoms. The summed E-state index contributed by atoms with van der Waals surface area (Å²) < 4.78 is 11.9. The fourth-order valence-electron chi connectivity index (χ4n) is 5.64. The van der Waals surface area contributed by atoms with Crippen molar-refractivity contribution in [2.75, 3.05) is 20.7 Å². The van der Waals surface area contributed by atoms with Crippen LogP contribution in [-0.2, 0) is 16.6 Å². The average Bonchev–Trinajstić information content (AvgIpc) is 2.86. The van der Waals surface area contributed by atoms with E-state index in [0.717, 1.165) is 37.3 Å². The summed E-state index contributed by atoms with van der Waals surface area (Å²) in [5.41, 5.74) is 2.57. The van der Waals surface area contributed by atoms with E-state index in [2.05, 4.69) is 18.0 Å². The standard InChI is InChI=1S/C18H21NO3/c1-19-8-7-18-14-6-4-12(20)16(18)11(19)9-10-3-5-13(21-2)17(22-14)15(10)18/h3,5,11,14,16H,4,6-9H2,1-2H3/t11-,14+,16-,18-/m1/s1. The molecule has 1 saturated carbocycles. The Balaban J connectivity index is 1.82. The Morgan fingerprint density at radius 2 is 2.27 bits per heavy atom. The van der Waals surface area contributed by atoms with Crippen LogP contribution in [-0.4, -0.2) is 43.5 Å². The van der Waals surface area contributed by atoms with Crippen molar-refractivity contribution in [3.8, 4) is 11.5 Å². The summed E-state index contributed by atoms with van der Waals surface area (Å²) in [6.45, 7) is 1.05. The maximum absolute atomic E-state index is 12.8. The van der Waals surface area contributed by atoms with Gasteiger partial charge in [-0.2, -0.15) is 0 Å². The summed E-state index contributed by atoms with van der Waals surface area (Å²) in [6.07, 6.45) is 3.64. The molecule has 4 nitrogen and oxygen atoms in total. The summed E-state index contributed by atoms with van der Waals surface area (Å²) in [4.78, 5) is 15.2. The minimum absolute atomic E-state index is 0.0933. The third kappa shape index (κ3) is 1.27. The largest absolute Gasteiger partial charge is 0.493 e. The number of rotatable bonds is 1. The molecule has 22 heavy (non-hydrogen) atoms. The van der Waals surface area contributed by atoms with E-state index in [0.29, 0.717) is 18.2 Å². The van der Waals surface area contributed by atoms with Crippen LogP contribution in [0.15, 0.2) is 12.1 Å². The van der Waals surface area contributed by atoms with Crippen LogP contribution in [0.25, 0.3) is 0 Å². The van der Waals surface area contributed by atoms with Gasteiger partial charge < -0.3 is 14.4 Å². The second-order valence-corrected chi connectivity index (χ2v) is 7.26. The zero-order valence-corrected chi connectivity index (χ0v) is 13.1. The molecule has 4 atom stereocenters. The van der Waals surface area contributed by atoms with Gasteiger partial charge in [-0.15, -0.1) is 0 Å². The lowest BCUT2D eigenvalue weighted by Crippen LogP contribution is -2.66. The summed E-state index contributed by atoms with van der Waals surface area (Å²) in [5, 5.41) is 0. The number of carbonyl (C=O) groups is 1. The van der Waals surface area contributed by atoms with Crippen molar-refractivity contribution in [1.29, 1.82) is 0 Å². The first-order chi connectivity index (χ1) is 10.7. The number of benzene rings is 1. The first kappa shape index (κ1) is 12.9. The highest BCUT2D eigenvalue weighted by Crippen LogP contribution is 2.62. The van der Waals surface area contributed by atoms with Crippen LogP contribution in [0, 0.1) is 5.92 Å². The van der Waals surface area contributed by atoms with Crippen molar-refractivity contribution in [3.63, 3.8) is 0 Å². The van der Waals surface area contributed by atoms with Gasteiger partial charge in [0.1, 0.15) is 11.9 Å². The first-order valence-corrected chi connectivity index (χ1v) is 8.27. The molecule has 2 aliphatic carbocycles. The second-order valence-electron chi connectivity index (χ2n) is 7.26. The number of methoxy groups -OCH3 is 1. The Bertz CT molecular complexity index is 685. The fourth-order valence-corrected chi connectivity index (χ4v) is 5.64. The van der Waals surface area contributed by atoms with Crippen molar-refractivity contribution in [2.24, 2.45) is 5.92 Å². The van der Waals surface area contributed by atoms with Crippen molar-refractivity contribution in [3.05, 3.63) is 23.3 Å². The molecular formula is C18H21NO3. The van der Waals surface area contributed by atoms with Crippen molar-refractivity contribution < 1.29 is 14.3 Å². The van der Waals surface area contributed by atoms with E-state index >= 15 is 0 Å². The zero-order valence-electron chi connectivity index (χ0n) is 13.1. The molecule has 0 amide bonds. The molecule has 116 valence electrons. The van der Waals surface area contributed by atoms with Crippen LogP contribution in [0.4, 0.5) is 0 Å². The maximum atomic E-state index is 12.8. The number of ketones is 1. The lowest BCUT2D eigenvalue weighted by molar-refractivity contribution is -0.139. The van der Waals surface area contributed by atoms with E-state index in [1.54, 1.807) is 7.11 Å². The number of nitrogens with zero attached hydrogens (tertiary/aromatic N) is 1. The highest BCUT2D eigenvalue weighted by Gasteiger charge is 2.65. The van der Waals surface area contributed by atoms with E-state index < -0.39 is 0 Å². The number of ether oxygens (including phenoxy) is 2. The quantitative estimate of drug-likeness (QED) is 0.794. The van der Waals surface area contributed by atoms with Gasteiger partial charge in [0.2, 0.25) is 0 Å². The molecular weight excluding hydrogens is 278 g/mol. The summed E-state index contributed by atoms with van der Waals surface area (Å²) >= 11 is 0. The first-order valence-electron chi connectivity index (χ1n) is 8.27. The Kier molecular flexibility index (Phi) is 2.38. The highest BCUT2D eigenvalue weighted by molar-refractivity contribution is 5.87. The SMILES string of the molecule is COc1ccc2c3c1O[C@H]1CCC(=O)[C@H]4[C@@H](C2)N(C)CC[C@]314. The molecule has 0 N–H and O–H groups in total. The predicted molar refractivity (Wildman–Crippen MR) is 81.6 cm³/mol. The minimum atomic E-state index is -0.0933. The molecule has 0 aromatic heterocycles.